The van der Waals surface area contributed by atoms with Gasteiger partial charge in [-0.1, -0.05) is 23.4 Å². The number of thiophene rings is 1. The molecule has 1 saturated heterocycles. The molecule has 0 bridgehead atoms. The number of aliphatic carboxylic acids is 1. The van der Waals surface area contributed by atoms with E-state index in [0.29, 0.717) is 13.1 Å². The van der Waals surface area contributed by atoms with Gasteiger partial charge in [-0.2, -0.15) is 0 Å². The van der Waals surface area contributed by atoms with Crippen LogP contribution in [-0.2, 0) is 11.2 Å². The zero-order chi connectivity index (χ0) is 23.2. The molecule has 3 heterocycles. The lowest BCUT2D eigenvalue weighted by Gasteiger charge is -2.35. The van der Waals surface area contributed by atoms with E-state index in [1.54, 1.807) is 7.11 Å². The van der Waals surface area contributed by atoms with Crippen molar-refractivity contribution >= 4 is 39.8 Å². The first-order valence-electron chi connectivity index (χ1n) is 11.1. The van der Waals surface area contributed by atoms with Gasteiger partial charge in [0.2, 0.25) is 0 Å². The fourth-order valence-electron chi connectivity index (χ4n) is 4.54. The van der Waals surface area contributed by atoms with Crippen molar-refractivity contribution in [2.24, 2.45) is 11.8 Å². The standard InChI is InChI=1S/C26H27ClN2O3S/c1-32-20-7-9-24-22(16-20)18(11-13-28-24)4-2-5-19-12-15-29(17-23(19)26(30)31)14-3-6-21-8-10-25(27)33-21/h7-11,13,16,19,23H,2,4-5,12,14-15,17H2,1H3,(H,30,31)/t19-,23+/m1/s1. The van der Waals surface area contributed by atoms with E-state index < -0.39 is 5.97 Å². The summed E-state index contributed by atoms with van der Waals surface area (Å²) in [5, 5.41) is 11.0. The monoisotopic (exact) mass is 482 g/mol. The Bertz CT molecular complexity index is 1180. The van der Waals surface area contributed by atoms with Gasteiger partial charge < -0.3 is 9.84 Å². The summed E-state index contributed by atoms with van der Waals surface area (Å²) < 4.78 is 6.10. The van der Waals surface area contributed by atoms with Crippen molar-refractivity contribution < 1.29 is 14.6 Å². The molecule has 0 radical (unpaired) electrons. The van der Waals surface area contributed by atoms with Gasteiger partial charge in [0.1, 0.15) is 5.75 Å². The molecule has 2 atom stereocenters. The zero-order valence-corrected chi connectivity index (χ0v) is 20.2. The molecule has 1 aliphatic rings. The number of methoxy groups -OCH3 is 1. The predicted octanol–water partition coefficient (Wildman–Crippen LogP) is 5.36. The van der Waals surface area contributed by atoms with Gasteiger partial charge in [0.15, 0.2) is 0 Å². The summed E-state index contributed by atoms with van der Waals surface area (Å²) >= 11 is 7.41. The van der Waals surface area contributed by atoms with Gasteiger partial charge in [-0.05, 0) is 80.1 Å². The van der Waals surface area contributed by atoms with E-state index in [9.17, 15) is 9.90 Å². The smallest absolute Gasteiger partial charge is 0.308 e. The fraction of sp³-hybridized carbons (Fsp3) is 0.385. The first-order chi connectivity index (χ1) is 16.0. The van der Waals surface area contributed by atoms with Crippen molar-refractivity contribution in [1.29, 1.82) is 0 Å². The highest BCUT2D eigenvalue weighted by molar-refractivity contribution is 7.16. The number of pyridine rings is 1. The van der Waals surface area contributed by atoms with Crippen LogP contribution in [0.15, 0.2) is 42.6 Å². The van der Waals surface area contributed by atoms with Crippen molar-refractivity contribution in [2.75, 3.05) is 26.7 Å². The highest BCUT2D eigenvalue weighted by Gasteiger charge is 2.33. The minimum absolute atomic E-state index is 0.186. The summed E-state index contributed by atoms with van der Waals surface area (Å²) in [5.74, 6) is 6.24. The van der Waals surface area contributed by atoms with Crippen LogP contribution in [0.4, 0.5) is 0 Å². The van der Waals surface area contributed by atoms with Gasteiger partial charge in [-0.15, -0.1) is 11.3 Å². The van der Waals surface area contributed by atoms with Crippen molar-refractivity contribution in [3.05, 3.63) is 57.4 Å². The number of aromatic nitrogens is 1. The molecular formula is C26H27ClN2O3S. The van der Waals surface area contributed by atoms with E-state index >= 15 is 0 Å². The maximum Gasteiger partial charge on any atom is 0.308 e. The maximum absolute atomic E-state index is 12.0. The van der Waals surface area contributed by atoms with E-state index in [-0.39, 0.29) is 11.8 Å². The summed E-state index contributed by atoms with van der Waals surface area (Å²) in [7, 11) is 1.67. The lowest BCUT2D eigenvalue weighted by Crippen LogP contribution is -2.44. The van der Waals surface area contributed by atoms with Crippen LogP contribution in [0.25, 0.3) is 10.9 Å². The van der Waals surface area contributed by atoms with Crippen LogP contribution in [-0.4, -0.2) is 47.7 Å². The van der Waals surface area contributed by atoms with Crippen LogP contribution < -0.4 is 4.74 Å². The molecular weight excluding hydrogens is 456 g/mol. The number of likely N-dealkylation sites (tertiary alicyclic amines) is 1. The highest BCUT2D eigenvalue weighted by Crippen LogP contribution is 2.30. The minimum atomic E-state index is -0.707. The van der Waals surface area contributed by atoms with Crippen LogP contribution in [0.5, 0.6) is 5.75 Å². The third-order valence-electron chi connectivity index (χ3n) is 6.30. The Morgan fingerprint density at radius 1 is 1.33 bits per heavy atom. The molecule has 7 heteroatoms. The lowest BCUT2D eigenvalue weighted by molar-refractivity contribution is -0.146. The topological polar surface area (TPSA) is 62.7 Å². The molecule has 2 aromatic heterocycles. The van der Waals surface area contributed by atoms with Crippen molar-refractivity contribution in [3.63, 3.8) is 0 Å². The number of ether oxygens (including phenoxy) is 1. The zero-order valence-electron chi connectivity index (χ0n) is 18.6. The molecule has 172 valence electrons. The number of nitrogens with zero attached hydrogens (tertiary/aromatic N) is 2. The van der Waals surface area contributed by atoms with Gasteiger partial charge >= 0.3 is 5.97 Å². The third kappa shape index (κ3) is 6.05. The summed E-state index contributed by atoms with van der Waals surface area (Å²) in [5.41, 5.74) is 2.18. The number of carbonyl (C=O) groups is 1. The number of hydrogen-bond acceptors (Lipinski definition) is 5. The molecule has 3 aromatic rings. The number of benzene rings is 1. The Hall–Kier alpha value is -2.59. The van der Waals surface area contributed by atoms with Crippen molar-refractivity contribution in [1.82, 2.24) is 9.88 Å². The molecule has 0 saturated carbocycles. The SMILES string of the molecule is COc1ccc2nccc(CCC[C@@H]3CCN(CC#Cc4ccc(Cl)s4)C[C@@H]3C(=O)O)c2c1. The quantitative estimate of drug-likeness (QED) is 0.459. The normalized spacial score (nSPS) is 18.6. The van der Waals surface area contributed by atoms with Gasteiger partial charge in [-0.25, -0.2) is 0 Å². The molecule has 0 spiro atoms. The number of halogens is 1. The van der Waals surface area contributed by atoms with Crippen LogP contribution in [0.3, 0.4) is 0 Å². The average molecular weight is 483 g/mol. The number of carboxylic acids is 1. The largest absolute Gasteiger partial charge is 0.497 e. The van der Waals surface area contributed by atoms with E-state index in [0.717, 1.165) is 58.1 Å². The molecule has 1 N–H and O–H groups in total. The first-order valence-corrected chi connectivity index (χ1v) is 12.3. The van der Waals surface area contributed by atoms with Crippen LogP contribution in [0.1, 0.15) is 29.7 Å². The molecule has 0 amide bonds. The summed E-state index contributed by atoms with van der Waals surface area (Å²) in [6, 6.07) is 11.7. The predicted molar refractivity (Wildman–Crippen MR) is 133 cm³/mol. The first kappa shape index (κ1) is 23.6. The molecule has 1 aliphatic heterocycles. The van der Waals surface area contributed by atoms with Gasteiger partial charge in [-0.3, -0.25) is 14.7 Å². The fourth-order valence-corrected chi connectivity index (χ4v) is 5.46. The number of fused-ring (bicyclic) bond motifs is 1. The average Bonchev–Trinajstić information content (AvgIpc) is 3.24. The molecule has 1 aromatic carbocycles. The van der Waals surface area contributed by atoms with E-state index in [4.69, 9.17) is 16.3 Å². The van der Waals surface area contributed by atoms with Gasteiger partial charge in [0.25, 0.3) is 0 Å². The summed E-state index contributed by atoms with van der Waals surface area (Å²) in [6.07, 6.45) is 5.47. The van der Waals surface area contributed by atoms with Gasteiger partial charge in [0, 0.05) is 18.1 Å². The second-order valence-corrected chi connectivity index (χ2v) is 10.1. The van der Waals surface area contributed by atoms with Gasteiger partial charge in [0.05, 0.1) is 34.3 Å². The molecule has 4 rings (SSSR count). The molecule has 5 nitrogen and oxygen atoms in total. The lowest BCUT2D eigenvalue weighted by atomic mass is 9.81. The second kappa shape index (κ2) is 11.0. The number of aryl methyl sites for hydroxylation is 1. The number of rotatable bonds is 7. The Kier molecular flexibility index (Phi) is 7.87. The van der Waals surface area contributed by atoms with Crippen LogP contribution in [0, 0.1) is 23.7 Å². The van der Waals surface area contributed by atoms with E-state index in [1.807, 2.05) is 36.5 Å². The Labute approximate surface area is 203 Å². The molecule has 1 fully saturated rings. The van der Waals surface area contributed by atoms with E-state index in [1.165, 1.54) is 16.9 Å². The minimum Gasteiger partial charge on any atom is -0.497 e. The maximum atomic E-state index is 12.0. The second-order valence-electron chi connectivity index (χ2n) is 8.38. The van der Waals surface area contributed by atoms with Crippen molar-refractivity contribution in [2.45, 2.75) is 25.7 Å². The van der Waals surface area contributed by atoms with E-state index in [2.05, 4.69) is 27.8 Å². The number of carboxylic acid groups (broad SMARTS) is 1. The third-order valence-corrected chi connectivity index (χ3v) is 7.45. The van der Waals surface area contributed by atoms with Crippen LogP contribution >= 0.6 is 22.9 Å². The number of piperidine rings is 1. The molecule has 33 heavy (non-hydrogen) atoms. The highest BCUT2D eigenvalue weighted by atomic mass is 35.5. The summed E-state index contributed by atoms with van der Waals surface area (Å²) in [4.78, 5) is 19.5. The molecule has 0 aliphatic carbocycles. The Morgan fingerprint density at radius 2 is 2.21 bits per heavy atom. The Balaban J connectivity index is 1.34. The van der Waals surface area contributed by atoms with Crippen molar-refractivity contribution in [3.8, 4) is 17.6 Å². The molecule has 0 unspecified atom stereocenters. The summed E-state index contributed by atoms with van der Waals surface area (Å²) in [6.45, 7) is 2.01. The van der Waals surface area contributed by atoms with Crippen LogP contribution in [0.2, 0.25) is 4.34 Å². The number of hydrogen-bond donors (Lipinski definition) is 1. The Morgan fingerprint density at radius 3 is 2.97 bits per heavy atom.